The van der Waals surface area contributed by atoms with Crippen LogP contribution in [0.25, 0.3) is 0 Å². The quantitative estimate of drug-likeness (QED) is 0.500. The lowest BCUT2D eigenvalue weighted by atomic mass is 10.2. The lowest BCUT2D eigenvalue weighted by Gasteiger charge is -2.32. The van der Waals surface area contributed by atoms with Gasteiger partial charge in [-0.05, 0) is 51.6 Å². The van der Waals surface area contributed by atoms with Gasteiger partial charge < -0.3 is 20.0 Å². The Morgan fingerprint density at radius 3 is 2.52 bits per heavy atom. The van der Waals surface area contributed by atoms with Crippen molar-refractivity contribution in [3.8, 4) is 0 Å². The number of aliphatic imine (C=N–C) groups is 1. The molecule has 1 aliphatic rings. The molecule has 0 amide bonds. The minimum Gasteiger partial charge on any atom is -0.464 e. The Morgan fingerprint density at radius 2 is 1.87 bits per heavy atom. The highest BCUT2D eigenvalue weighted by molar-refractivity contribution is 7.89. The molecule has 2 heterocycles. The maximum Gasteiger partial charge on any atom is 0.243 e. The lowest BCUT2D eigenvalue weighted by Crippen LogP contribution is -2.47. The molecule has 1 atom stereocenters. The summed E-state index contributed by atoms with van der Waals surface area (Å²) in [4.78, 5) is 7.11. The molecule has 1 unspecified atom stereocenters. The van der Waals surface area contributed by atoms with Crippen molar-refractivity contribution in [2.24, 2.45) is 4.99 Å². The molecule has 1 aliphatic heterocycles. The number of nitrogens with zero attached hydrogens (tertiary/aromatic N) is 3. The summed E-state index contributed by atoms with van der Waals surface area (Å²) >= 11 is 0. The molecule has 0 radical (unpaired) electrons. The maximum absolute atomic E-state index is 13.3. The van der Waals surface area contributed by atoms with E-state index in [4.69, 9.17) is 4.42 Å². The van der Waals surface area contributed by atoms with Crippen molar-refractivity contribution in [3.05, 3.63) is 53.5 Å². The SMILES string of the molecule is CCNC(=NCc1ccccc1S(=O)(=O)N1CCN(C)CC1)NC(C)c1ccc(C)o1. The molecule has 1 saturated heterocycles. The maximum atomic E-state index is 13.3. The Balaban J connectivity index is 1.78. The number of hydrogen-bond acceptors (Lipinski definition) is 5. The number of guanidine groups is 1. The Bertz CT molecular complexity index is 994. The first-order chi connectivity index (χ1) is 14.8. The second-order valence-corrected chi connectivity index (χ2v) is 9.73. The van der Waals surface area contributed by atoms with Crippen molar-refractivity contribution < 1.29 is 12.8 Å². The number of sulfonamides is 1. The molecule has 1 aromatic heterocycles. The minimum atomic E-state index is -3.56. The standard InChI is InChI=1S/C22H33N5O3S/c1-5-23-22(25-18(3)20-11-10-17(2)30-20)24-16-19-8-6-7-9-21(19)31(28,29)27-14-12-26(4)13-15-27/h6-11,18H,5,12-16H2,1-4H3,(H2,23,24,25). The summed E-state index contributed by atoms with van der Waals surface area (Å²) in [5.74, 6) is 2.28. The zero-order valence-electron chi connectivity index (χ0n) is 18.8. The fraction of sp³-hybridized carbons (Fsp3) is 0.500. The van der Waals surface area contributed by atoms with Crippen LogP contribution in [0.3, 0.4) is 0 Å². The predicted molar refractivity (Wildman–Crippen MR) is 123 cm³/mol. The Labute approximate surface area is 185 Å². The molecule has 2 N–H and O–H groups in total. The van der Waals surface area contributed by atoms with E-state index in [1.165, 1.54) is 0 Å². The van der Waals surface area contributed by atoms with Crippen LogP contribution in [0, 0.1) is 6.92 Å². The molecule has 0 aliphatic carbocycles. The predicted octanol–water partition coefficient (Wildman–Crippen LogP) is 2.34. The topological polar surface area (TPSA) is 90.2 Å². The molecule has 8 nitrogen and oxygen atoms in total. The highest BCUT2D eigenvalue weighted by Gasteiger charge is 2.29. The van der Waals surface area contributed by atoms with E-state index in [9.17, 15) is 8.42 Å². The summed E-state index contributed by atoms with van der Waals surface area (Å²) in [6.45, 7) is 9.31. The number of rotatable bonds is 7. The normalized spacial score (nSPS) is 17.5. The van der Waals surface area contributed by atoms with Crippen LogP contribution in [0.4, 0.5) is 0 Å². The first kappa shape index (κ1) is 23.3. The van der Waals surface area contributed by atoms with Crippen LogP contribution in [-0.4, -0.2) is 63.4 Å². The second-order valence-electron chi connectivity index (χ2n) is 7.82. The molecule has 0 spiro atoms. The molecular weight excluding hydrogens is 414 g/mol. The second kappa shape index (κ2) is 10.3. The number of aryl methyl sites for hydroxylation is 1. The Morgan fingerprint density at radius 1 is 1.16 bits per heavy atom. The molecule has 1 fully saturated rings. The Kier molecular flexibility index (Phi) is 7.74. The van der Waals surface area contributed by atoms with Crippen LogP contribution >= 0.6 is 0 Å². The van der Waals surface area contributed by atoms with Crippen LogP contribution in [0.5, 0.6) is 0 Å². The number of hydrogen-bond donors (Lipinski definition) is 2. The average molecular weight is 448 g/mol. The van der Waals surface area contributed by atoms with E-state index in [-0.39, 0.29) is 12.6 Å². The minimum absolute atomic E-state index is 0.0733. The van der Waals surface area contributed by atoms with Crippen molar-refractivity contribution in [1.82, 2.24) is 19.8 Å². The molecule has 0 saturated carbocycles. The average Bonchev–Trinajstić information content (AvgIpc) is 3.19. The monoisotopic (exact) mass is 447 g/mol. The third kappa shape index (κ3) is 5.87. The van der Waals surface area contributed by atoms with Crippen LogP contribution in [0.1, 0.15) is 37.0 Å². The van der Waals surface area contributed by atoms with Crippen molar-refractivity contribution in [3.63, 3.8) is 0 Å². The van der Waals surface area contributed by atoms with E-state index in [0.29, 0.717) is 36.1 Å². The molecule has 31 heavy (non-hydrogen) atoms. The van der Waals surface area contributed by atoms with Gasteiger partial charge in [-0.2, -0.15) is 4.31 Å². The van der Waals surface area contributed by atoms with Gasteiger partial charge >= 0.3 is 0 Å². The van der Waals surface area contributed by atoms with E-state index < -0.39 is 10.0 Å². The summed E-state index contributed by atoms with van der Waals surface area (Å²) in [7, 11) is -1.55. The smallest absolute Gasteiger partial charge is 0.243 e. The van der Waals surface area contributed by atoms with E-state index >= 15 is 0 Å². The van der Waals surface area contributed by atoms with Gasteiger partial charge in [-0.15, -0.1) is 0 Å². The largest absolute Gasteiger partial charge is 0.464 e. The van der Waals surface area contributed by atoms with Crippen molar-refractivity contribution in [2.45, 2.75) is 38.3 Å². The summed E-state index contributed by atoms with van der Waals surface area (Å²) in [5, 5.41) is 6.54. The molecule has 1 aromatic carbocycles. The molecular formula is C22H33N5O3S. The summed E-state index contributed by atoms with van der Waals surface area (Å²) in [6.07, 6.45) is 0. The van der Waals surface area contributed by atoms with Gasteiger partial charge in [-0.3, -0.25) is 0 Å². The zero-order valence-corrected chi connectivity index (χ0v) is 19.6. The van der Waals surface area contributed by atoms with E-state index in [0.717, 1.165) is 24.6 Å². The van der Waals surface area contributed by atoms with E-state index in [1.807, 2.05) is 52.1 Å². The number of furan rings is 1. The number of likely N-dealkylation sites (N-methyl/N-ethyl adjacent to an activating group) is 1. The van der Waals surface area contributed by atoms with Crippen LogP contribution in [-0.2, 0) is 16.6 Å². The molecule has 170 valence electrons. The van der Waals surface area contributed by atoms with E-state index in [1.54, 1.807) is 16.4 Å². The first-order valence-corrected chi connectivity index (χ1v) is 12.1. The number of benzene rings is 1. The summed E-state index contributed by atoms with van der Waals surface area (Å²) < 4.78 is 33.8. The van der Waals surface area contributed by atoms with E-state index in [2.05, 4.69) is 20.5 Å². The van der Waals surface area contributed by atoms with Crippen molar-refractivity contribution in [1.29, 1.82) is 0 Å². The molecule has 0 bridgehead atoms. The zero-order chi connectivity index (χ0) is 22.4. The van der Waals surface area contributed by atoms with Gasteiger partial charge in [0.2, 0.25) is 10.0 Å². The van der Waals surface area contributed by atoms with Crippen LogP contribution in [0.2, 0.25) is 0 Å². The molecule has 3 rings (SSSR count). The van der Waals surface area contributed by atoms with Crippen molar-refractivity contribution >= 4 is 16.0 Å². The Hall–Kier alpha value is -2.36. The van der Waals surface area contributed by atoms with Gasteiger partial charge in [-0.1, -0.05) is 18.2 Å². The fourth-order valence-electron chi connectivity index (χ4n) is 3.50. The van der Waals surface area contributed by atoms with Gasteiger partial charge in [-0.25, -0.2) is 13.4 Å². The first-order valence-electron chi connectivity index (χ1n) is 10.7. The lowest BCUT2D eigenvalue weighted by molar-refractivity contribution is 0.222. The molecule has 9 heteroatoms. The summed E-state index contributed by atoms with van der Waals surface area (Å²) in [6, 6.07) is 10.9. The third-order valence-corrected chi connectivity index (χ3v) is 7.34. The molecule has 2 aromatic rings. The van der Waals surface area contributed by atoms with Gasteiger partial charge in [0.25, 0.3) is 0 Å². The third-order valence-electron chi connectivity index (χ3n) is 5.35. The van der Waals surface area contributed by atoms with Gasteiger partial charge in [0, 0.05) is 32.7 Å². The van der Waals surface area contributed by atoms with Crippen LogP contribution < -0.4 is 10.6 Å². The summed E-state index contributed by atoms with van der Waals surface area (Å²) in [5.41, 5.74) is 0.681. The highest BCUT2D eigenvalue weighted by Crippen LogP contribution is 2.22. The fourth-order valence-corrected chi connectivity index (χ4v) is 5.14. The van der Waals surface area contributed by atoms with Crippen LogP contribution in [0.15, 0.2) is 50.7 Å². The number of nitrogens with one attached hydrogen (secondary N) is 2. The highest BCUT2D eigenvalue weighted by atomic mass is 32.2. The van der Waals surface area contributed by atoms with Gasteiger partial charge in [0.15, 0.2) is 5.96 Å². The van der Waals surface area contributed by atoms with Gasteiger partial charge in [0.05, 0.1) is 17.5 Å². The number of piperazine rings is 1. The van der Waals surface area contributed by atoms with Crippen molar-refractivity contribution in [2.75, 3.05) is 39.8 Å². The van der Waals surface area contributed by atoms with Gasteiger partial charge in [0.1, 0.15) is 11.5 Å².